The quantitative estimate of drug-likeness (QED) is 0.613. The number of pyridine rings is 1. The number of alkyl halides is 3. The van der Waals surface area contributed by atoms with E-state index in [4.69, 9.17) is 4.74 Å². The first kappa shape index (κ1) is 16.3. The molecule has 24 heavy (non-hydrogen) atoms. The first-order chi connectivity index (χ1) is 11.3. The summed E-state index contributed by atoms with van der Waals surface area (Å²) in [5.41, 5.74) is 1.26. The Balaban J connectivity index is 2.09. The zero-order valence-corrected chi connectivity index (χ0v) is 13.3. The number of aromatic nitrogens is 1. The van der Waals surface area contributed by atoms with Gasteiger partial charge in [0.15, 0.2) is 0 Å². The van der Waals surface area contributed by atoms with Crippen molar-refractivity contribution in [2.75, 3.05) is 0 Å². The number of hydrogen-bond donors (Lipinski definition) is 0. The van der Waals surface area contributed by atoms with E-state index in [2.05, 4.69) is 4.98 Å². The van der Waals surface area contributed by atoms with Crippen LogP contribution >= 0.6 is 0 Å². The third kappa shape index (κ3) is 3.35. The van der Waals surface area contributed by atoms with Crippen molar-refractivity contribution in [2.24, 2.45) is 0 Å². The molecule has 3 rings (SSSR count). The number of benzene rings is 2. The van der Waals surface area contributed by atoms with Crippen molar-refractivity contribution >= 4 is 10.9 Å². The Bertz CT molecular complexity index is 855. The summed E-state index contributed by atoms with van der Waals surface area (Å²) in [5.74, 6) is 0.672. The van der Waals surface area contributed by atoms with Gasteiger partial charge in [0.2, 0.25) is 0 Å². The highest BCUT2D eigenvalue weighted by Crippen LogP contribution is 2.33. The Morgan fingerprint density at radius 3 is 2.25 bits per heavy atom. The molecular weight excluding hydrogens is 315 g/mol. The summed E-state index contributed by atoms with van der Waals surface area (Å²) in [6.07, 6.45) is -4.36. The highest BCUT2D eigenvalue weighted by Gasteiger charge is 2.30. The van der Waals surface area contributed by atoms with Crippen molar-refractivity contribution in [2.45, 2.75) is 26.1 Å². The van der Waals surface area contributed by atoms with Crippen LogP contribution in [0.25, 0.3) is 22.2 Å². The first-order valence-electron chi connectivity index (χ1n) is 7.58. The molecule has 0 aliphatic heterocycles. The van der Waals surface area contributed by atoms with E-state index in [9.17, 15) is 13.2 Å². The number of halogens is 3. The normalized spacial score (nSPS) is 11.9. The van der Waals surface area contributed by atoms with Gasteiger partial charge in [-0.3, -0.25) is 0 Å². The van der Waals surface area contributed by atoms with Gasteiger partial charge in [0.25, 0.3) is 0 Å². The minimum atomic E-state index is -4.35. The minimum Gasteiger partial charge on any atom is -0.490 e. The van der Waals surface area contributed by atoms with Crippen molar-refractivity contribution in [1.29, 1.82) is 0 Å². The van der Waals surface area contributed by atoms with E-state index in [1.54, 1.807) is 6.07 Å². The molecular formula is C19H16F3NO. The van der Waals surface area contributed by atoms with Crippen LogP contribution in [-0.4, -0.2) is 11.1 Å². The van der Waals surface area contributed by atoms with Crippen molar-refractivity contribution in [1.82, 2.24) is 4.98 Å². The summed E-state index contributed by atoms with van der Waals surface area (Å²) in [7, 11) is 0. The van der Waals surface area contributed by atoms with Gasteiger partial charge in [0, 0.05) is 17.0 Å². The highest BCUT2D eigenvalue weighted by atomic mass is 19.4. The molecule has 1 aromatic heterocycles. The van der Waals surface area contributed by atoms with Crippen LogP contribution < -0.4 is 4.74 Å². The van der Waals surface area contributed by atoms with Crippen LogP contribution in [0, 0.1) is 0 Å². The summed E-state index contributed by atoms with van der Waals surface area (Å²) in [6.45, 7) is 3.85. The maximum absolute atomic E-state index is 12.7. The fraction of sp³-hybridized carbons (Fsp3) is 0.211. The second-order valence-corrected chi connectivity index (χ2v) is 5.76. The van der Waals surface area contributed by atoms with Crippen LogP contribution in [0.1, 0.15) is 19.4 Å². The number of fused-ring (bicyclic) bond motifs is 1. The van der Waals surface area contributed by atoms with Crippen molar-refractivity contribution in [3.8, 4) is 17.0 Å². The lowest BCUT2D eigenvalue weighted by Gasteiger charge is -2.14. The minimum absolute atomic E-state index is 0.0174. The lowest BCUT2D eigenvalue weighted by Crippen LogP contribution is -2.06. The second-order valence-electron chi connectivity index (χ2n) is 5.76. The van der Waals surface area contributed by atoms with E-state index in [1.165, 1.54) is 12.1 Å². The van der Waals surface area contributed by atoms with E-state index in [-0.39, 0.29) is 6.10 Å². The van der Waals surface area contributed by atoms with E-state index >= 15 is 0 Å². The summed E-state index contributed by atoms with van der Waals surface area (Å²) in [4.78, 5) is 4.54. The zero-order valence-electron chi connectivity index (χ0n) is 13.3. The number of hydrogen-bond acceptors (Lipinski definition) is 2. The maximum atomic E-state index is 12.7. The van der Waals surface area contributed by atoms with Crippen LogP contribution in [0.3, 0.4) is 0 Å². The number of nitrogens with zero attached hydrogens (tertiary/aromatic N) is 1. The average molecular weight is 331 g/mol. The Morgan fingerprint density at radius 1 is 0.958 bits per heavy atom. The summed E-state index contributed by atoms with van der Waals surface area (Å²) >= 11 is 0. The molecule has 0 atom stereocenters. The third-order valence-corrected chi connectivity index (χ3v) is 3.55. The van der Waals surface area contributed by atoms with E-state index < -0.39 is 11.7 Å². The Hall–Kier alpha value is -2.56. The zero-order chi connectivity index (χ0) is 17.3. The lowest BCUT2D eigenvalue weighted by molar-refractivity contribution is -0.137. The second kappa shape index (κ2) is 6.15. The number of ether oxygens (including phenoxy) is 1. The molecule has 0 radical (unpaired) electrons. The Labute approximate surface area is 137 Å². The van der Waals surface area contributed by atoms with Crippen molar-refractivity contribution < 1.29 is 17.9 Å². The molecule has 0 unspecified atom stereocenters. The third-order valence-electron chi connectivity index (χ3n) is 3.55. The standard InChI is InChI=1S/C19H16F3NO/c1-12(2)24-18-11-17(23-16-6-4-3-5-15(16)18)13-7-9-14(10-8-13)19(20,21)22/h3-12H,1-2H3. The van der Waals surface area contributed by atoms with Crippen molar-refractivity contribution in [3.63, 3.8) is 0 Å². The fourth-order valence-electron chi connectivity index (χ4n) is 2.47. The molecule has 0 amide bonds. The highest BCUT2D eigenvalue weighted by molar-refractivity contribution is 5.87. The Kier molecular flexibility index (Phi) is 4.18. The number of rotatable bonds is 3. The van der Waals surface area contributed by atoms with Gasteiger partial charge >= 0.3 is 6.18 Å². The molecule has 0 saturated heterocycles. The maximum Gasteiger partial charge on any atom is 0.416 e. The first-order valence-corrected chi connectivity index (χ1v) is 7.58. The molecule has 0 saturated carbocycles. The lowest BCUT2D eigenvalue weighted by atomic mass is 10.1. The Morgan fingerprint density at radius 2 is 1.62 bits per heavy atom. The van der Waals surface area contributed by atoms with Gasteiger partial charge in [-0.2, -0.15) is 13.2 Å². The topological polar surface area (TPSA) is 22.1 Å². The average Bonchev–Trinajstić information content (AvgIpc) is 2.53. The molecule has 0 aliphatic rings. The molecule has 0 spiro atoms. The molecule has 5 heteroatoms. The van der Waals surface area contributed by atoms with Crippen LogP contribution in [0.5, 0.6) is 5.75 Å². The molecule has 0 aliphatic carbocycles. The van der Waals surface area contributed by atoms with E-state index in [1.807, 2.05) is 38.1 Å². The molecule has 124 valence electrons. The molecule has 1 heterocycles. The van der Waals surface area contributed by atoms with Gasteiger partial charge in [-0.15, -0.1) is 0 Å². The SMILES string of the molecule is CC(C)Oc1cc(-c2ccc(C(F)(F)F)cc2)nc2ccccc12. The molecule has 2 aromatic carbocycles. The van der Waals surface area contributed by atoms with Gasteiger partial charge in [-0.05, 0) is 38.1 Å². The largest absolute Gasteiger partial charge is 0.490 e. The summed E-state index contributed by atoms with van der Waals surface area (Å²) < 4.78 is 44.0. The summed E-state index contributed by atoms with van der Waals surface area (Å²) in [6, 6.07) is 14.3. The number of para-hydroxylation sites is 1. The molecule has 0 bridgehead atoms. The predicted molar refractivity (Wildman–Crippen MR) is 87.9 cm³/mol. The van der Waals surface area contributed by atoms with Gasteiger partial charge in [0.05, 0.1) is 22.9 Å². The monoisotopic (exact) mass is 331 g/mol. The van der Waals surface area contributed by atoms with Gasteiger partial charge < -0.3 is 4.74 Å². The van der Waals surface area contributed by atoms with Gasteiger partial charge in [0.1, 0.15) is 5.75 Å². The molecule has 0 N–H and O–H groups in total. The predicted octanol–water partition coefficient (Wildman–Crippen LogP) is 5.71. The molecule has 3 aromatic rings. The summed E-state index contributed by atoms with van der Waals surface area (Å²) in [5, 5.41) is 0.877. The van der Waals surface area contributed by atoms with Crippen LogP contribution in [-0.2, 0) is 6.18 Å². The molecule has 0 fully saturated rings. The van der Waals surface area contributed by atoms with Gasteiger partial charge in [-0.1, -0.05) is 24.3 Å². The van der Waals surface area contributed by atoms with Crippen LogP contribution in [0.2, 0.25) is 0 Å². The fourth-order valence-corrected chi connectivity index (χ4v) is 2.47. The van der Waals surface area contributed by atoms with Gasteiger partial charge in [-0.25, -0.2) is 4.98 Å². The molecule has 2 nitrogen and oxygen atoms in total. The van der Waals surface area contributed by atoms with E-state index in [0.717, 1.165) is 23.0 Å². The van der Waals surface area contributed by atoms with Crippen LogP contribution in [0.15, 0.2) is 54.6 Å². The smallest absolute Gasteiger partial charge is 0.416 e. The van der Waals surface area contributed by atoms with E-state index in [0.29, 0.717) is 17.0 Å². The van der Waals surface area contributed by atoms with Crippen LogP contribution in [0.4, 0.5) is 13.2 Å². The van der Waals surface area contributed by atoms with Crippen molar-refractivity contribution in [3.05, 3.63) is 60.2 Å².